The lowest BCUT2D eigenvalue weighted by molar-refractivity contribution is -0.129. The normalized spacial score (nSPS) is 11.3. The smallest absolute Gasteiger partial charge is 0.225 e. The van der Waals surface area contributed by atoms with Crippen LogP contribution < -0.4 is 5.32 Å². The SMILES string of the molecule is CNC(=O)C(C)(C)CCOC. The monoisotopic (exact) mass is 159 g/mol. The molecule has 1 N–H and O–H groups in total. The van der Waals surface area contributed by atoms with Crippen LogP contribution in [-0.4, -0.2) is 26.7 Å². The molecule has 3 heteroatoms. The number of carbonyl (C=O) groups excluding carboxylic acids is 1. The summed E-state index contributed by atoms with van der Waals surface area (Å²) in [4.78, 5) is 11.2. The van der Waals surface area contributed by atoms with Gasteiger partial charge in [-0.2, -0.15) is 0 Å². The molecule has 0 aliphatic heterocycles. The second-order valence-electron chi connectivity index (χ2n) is 3.21. The first-order chi connectivity index (χ1) is 5.04. The van der Waals surface area contributed by atoms with Gasteiger partial charge in [0.2, 0.25) is 5.91 Å². The van der Waals surface area contributed by atoms with Crippen LogP contribution in [0.2, 0.25) is 0 Å². The fourth-order valence-corrected chi connectivity index (χ4v) is 0.809. The molecule has 0 unspecified atom stereocenters. The van der Waals surface area contributed by atoms with Crippen molar-refractivity contribution in [3.05, 3.63) is 0 Å². The van der Waals surface area contributed by atoms with Crippen molar-refractivity contribution >= 4 is 5.91 Å². The van der Waals surface area contributed by atoms with Crippen molar-refractivity contribution in [1.29, 1.82) is 0 Å². The standard InChI is InChI=1S/C8H17NO2/c1-8(2,5-6-11-4)7(10)9-3/h5-6H2,1-4H3,(H,9,10). The summed E-state index contributed by atoms with van der Waals surface area (Å²) >= 11 is 0. The van der Waals surface area contributed by atoms with Gasteiger partial charge >= 0.3 is 0 Å². The Balaban J connectivity index is 3.88. The Morgan fingerprint density at radius 1 is 1.55 bits per heavy atom. The minimum atomic E-state index is -0.315. The number of ether oxygens (including phenoxy) is 1. The van der Waals surface area contributed by atoms with E-state index in [2.05, 4.69) is 5.32 Å². The third kappa shape index (κ3) is 3.37. The van der Waals surface area contributed by atoms with Crippen LogP contribution in [-0.2, 0) is 9.53 Å². The summed E-state index contributed by atoms with van der Waals surface area (Å²) < 4.78 is 4.89. The molecule has 0 radical (unpaired) electrons. The summed E-state index contributed by atoms with van der Waals surface area (Å²) in [6.07, 6.45) is 0.753. The predicted octanol–water partition coefficient (Wildman–Crippen LogP) is 0.795. The molecule has 0 rings (SSSR count). The second-order valence-corrected chi connectivity index (χ2v) is 3.21. The fourth-order valence-electron chi connectivity index (χ4n) is 0.809. The van der Waals surface area contributed by atoms with Crippen molar-refractivity contribution in [2.45, 2.75) is 20.3 Å². The van der Waals surface area contributed by atoms with Crippen LogP contribution in [0.5, 0.6) is 0 Å². The van der Waals surface area contributed by atoms with Gasteiger partial charge < -0.3 is 10.1 Å². The van der Waals surface area contributed by atoms with Crippen LogP contribution in [0.25, 0.3) is 0 Å². The highest BCUT2D eigenvalue weighted by molar-refractivity contribution is 5.81. The summed E-state index contributed by atoms with van der Waals surface area (Å²) in [5.74, 6) is 0.0644. The average Bonchev–Trinajstić information content (AvgIpc) is 1.99. The predicted molar refractivity (Wildman–Crippen MR) is 44.3 cm³/mol. The molecule has 0 aliphatic carbocycles. The molecule has 0 saturated carbocycles. The van der Waals surface area contributed by atoms with Crippen molar-refractivity contribution in [2.24, 2.45) is 5.41 Å². The first kappa shape index (κ1) is 10.4. The lowest BCUT2D eigenvalue weighted by Gasteiger charge is -2.21. The first-order valence-electron chi connectivity index (χ1n) is 3.75. The lowest BCUT2D eigenvalue weighted by atomic mass is 9.89. The second kappa shape index (κ2) is 4.34. The molecule has 3 nitrogen and oxygen atoms in total. The van der Waals surface area contributed by atoms with Gasteiger partial charge in [0.15, 0.2) is 0 Å². The van der Waals surface area contributed by atoms with E-state index < -0.39 is 0 Å². The highest BCUT2D eigenvalue weighted by atomic mass is 16.5. The molecule has 0 aliphatic rings. The summed E-state index contributed by atoms with van der Waals surface area (Å²) in [6, 6.07) is 0. The Bertz CT molecular complexity index is 132. The molecule has 0 spiro atoms. The number of methoxy groups -OCH3 is 1. The van der Waals surface area contributed by atoms with E-state index in [0.29, 0.717) is 6.61 Å². The minimum Gasteiger partial charge on any atom is -0.385 e. The van der Waals surface area contributed by atoms with Crippen LogP contribution in [0.1, 0.15) is 20.3 Å². The van der Waals surface area contributed by atoms with Crippen LogP contribution in [0.4, 0.5) is 0 Å². The number of hydrogen-bond donors (Lipinski definition) is 1. The summed E-state index contributed by atoms with van der Waals surface area (Å²) in [5.41, 5.74) is -0.315. The van der Waals surface area contributed by atoms with Crippen LogP contribution >= 0.6 is 0 Å². The summed E-state index contributed by atoms with van der Waals surface area (Å²) in [6.45, 7) is 4.44. The molecule has 11 heavy (non-hydrogen) atoms. The Morgan fingerprint density at radius 3 is 2.45 bits per heavy atom. The topological polar surface area (TPSA) is 38.3 Å². The number of nitrogens with one attached hydrogen (secondary N) is 1. The van der Waals surface area contributed by atoms with Crippen molar-refractivity contribution in [1.82, 2.24) is 5.32 Å². The molecule has 1 amide bonds. The maximum Gasteiger partial charge on any atom is 0.225 e. The van der Waals surface area contributed by atoms with E-state index in [9.17, 15) is 4.79 Å². The van der Waals surface area contributed by atoms with Crippen LogP contribution in [0.3, 0.4) is 0 Å². The first-order valence-corrected chi connectivity index (χ1v) is 3.75. The molecule has 66 valence electrons. The molecule has 0 heterocycles. The number of hydrogen-bond acceptors (Lipinski definition) is 2. The van der Waals surface area contributed by atoms with Gasteiger partial charge in [-0.15, -0.1) is 0 Å². The Morgan fingerprint density at radius 2 is 2.09 bits per heavy atom. The van der Waals surface area contributed by atoms with Gasteiger partial charge in [0, 0.05) is 26.2 Å². The summed E-state index contributed by atoms with van der Waals surface area (Å²) in [7, 11) is 3.29. The van der Waals surface area contributed by atoms with Crippen molar-refractivity contribution < 1.29 is 9.53 Å². The van der Waals surface area contributed by atoms with E-state index in [1.165, 1.54) is 0 Å². The van der Waals surface area contributed by atoms with Gasteiger partial charge in [-0.1, -0.05) is 13.8 Å². The highest BCUT2D eigenvalue weighted by Crippen LogP contribution is 2.19. The maximum atomic E-state index is 11.2. The third-order valence-electron chi connectivity index (χ3n) is 1.77. The van der Waals surface area contributed by atoms with Gasteiger partial charge in [0.05, 0.1) is 0 Å². The number of carbonyl (C=O) groups is 1. The Labute approximate surface area is 68.1 Å². The molecular formula is C8H17NO2. The zero-order valence-corrected chi connectivity index (χ0v) is 7.73. The molecule has 0 atom stereocenters. The highest BCUT2D eigenvalue weighted by Gasteiger charge is 2.25. The molecule has 0 aromatic rings. The van der Waals surface area contributed by atoms with E-state index in [4.69, 9.17) is 4.74 Å². The number of amides is 1. The molecular weight excluding hydrogens is 142 g/mol. The van der Waals surface area contributed by atoms with E-state index in [0.717, 1.165) is 6.42 Å². The molecule has 0 fully saturated rings. The molecule has 0 bridgehead atoms. The lowest BCUT2D eigenvalue weighted by Crippen LogP contribution is -2.35. The third-order valence-corrected chi connectivity index (χ3v) is 1.77. The van der Waals surface area contributed by atoms with Crippen molar-refractivity contribution in [2.75, 3.05) is 20.8 Å². The van der Waals surface area contributed by atoms with Gasteiger partial charge in [0.1, 0.15) is 0 Å². The summed E-state index contributed by atoms with van der Waals surface area (Å²) in [5, 5.41) is 2.62. The van der Waals surface area contributed by atoms with Crippen LogP contribution in [0, 0.1) is 5.41 Å². The van der Waals surface area contributed by atoms with E-state index in [-0.39, 0.29) is 11.3 Å². The minimum absolute atomic E-state index is 0.0644. The van der Waals surface area contributed by atoms with Crippen LogP contribution in [0.15, 0.2) is 0 Å². The molecule has 0 aromatic carbocycles. The van der Waals surface area contributed by atoms with Gasteiger partial charge in [0.25, 0.3) is 0 Å². The largest absolute Gasteiger partial charge is 0.385 e. The van der Waals surface area contributed by atoms with Gasteiger partial charge in [-0.3, -0.25) is 4.79 Å². The van der Waals surface area contributed by atoms with Gasteiger partial charge in [-0.25, -0.2) is 0 Å². The quantitative estimate of drug-likeness (QED) is 0.658. The number of rotatable bonds is 4. The fraction of sp³-hybridized carbons (Fsp3) is 0.875. The van der Waals surface area contributed by atoms with Crippen molar-refractivity contribution in [3.63, 3.8) is 0 Å². The maximum absolute atomic E-state index is 11.2. The Hall–Kier alpha value is -0.570. The van der Waals surface area contributed by atoms with Crippen molar-refractivity contribution in [3.8, 4) is 0 Å². The Kier molecular flexibility index (Phi) is 4.11. The average molecular weight is 159 g/mol. The van der Waals surface area contributed by atoms with E-state index in [1.807, 2.05) is 13.8 Å². The van der Waals surface area contributed by atoms with Gasteiger partial charge in [-0.05, 0) is 6.42 Å². The van der Waals surface area contributed by atoms with E-state index in [1.54, 1.807) is 14.2 Å². The zero-order valence-electron chi connectivity index (χ0n) is 7.73. The van der Waals surface area contributed by atoms with E-state index >= 15 is 0 Å². The zero-order chi connectivity index (χ0) is 8.91. The molecule has 0 saturated heterocycles. The molecule has 0 aromatic heterocycles.